The Labute approximate surface area is 170 Å². The second kappa shape index (κ2) is 15.1. The maximum atomic E-state index is 12.4. The van der Waals surface area contributed by atoms with Crippen molar-refractivity contribution in [2.24, 2.45) is 5.92 Å². The van der Waals surface area contributed by atoms with Crippen LogP contribution in [0.5, 0.6) is 0 Å². The first-order valence-corrected chi connectivity index (χ1v) is 11.1. The fourth-order valence-electron chi connectivity index (χ4n) is 3.50. The number of carboxylic acids is 1. The maximum absolute atomic E-state index is 12.4. The molecule has 0 saturated carbocycles. The summed E-state index contributed by atoms with van der Waals surface area (Å²) in [5.41, 5.74) is 0.141. The third kappa shape index (κ3) is 9.91. The number of hydrogen-bond donors (Lipinski definition) is 1. The molecular weight excluding hydrogens is 352 g/mol. The molecule has 0 aromatic heterocycles. The summed E-state index contributed by atoms with van der Waals surface area (Å²) in [6.07, 6.45) is 14.5. The Hall–Kier alpha value is -1.84. The van der Waals surface area contributed by atoms with E-state index in [0.29, 0.717) is 12.5 Å². The van der Waals surface area contributed by atoms with Crippen LogP contribution in [0.15, 0.2) is 24.3 Å². The van der Waals surface area contributed by atoms with E-state index in [-0.39, 0.29) is 11.1 Å². The van der Waals surface area contributed by atoms with Crippen molar-refractivity contribution in [3.8, 4) is 0 Å². The van der Waals surface area contributed by atoms with E-state index in [2.05, 4.69) is 13.8 Å². The zero-order valence-electron chi connectivity index (χ0n) is 17.8. The molecule has 28 heavy (non-hydrogen) atoms. The van der Waals surface area contributed by atoms with Crippen molar-refractivity contribution in [1.29, 1.82) is 0 Å². The fraction of sp³-hybridized carbons (Fsp3) is 0.667. The number of rotatable bonds is 16. The van der Waals surface area contributed by atoms with Gasteiger partial charge in [-0.3, -0.25) is 0 Å². The van der Waals surface area contributed by atoms with Gasteiger partial charge in [-0.2, -0.15) is 0 Å². The molecule has 0 spiro atoms. The highest BCUT2D eigenvalue weighted by Gasteiger charge is 2.18. The van der Waals surface area contributed by atoms with Gasteiger partial charge in [-0.15, -0.1) is 0 Å². The predicted octanol–water partition coefficient (Wildman–Crippen LogP) is 6.88. The van der Waals surface area contributed by atoms with Crippen LogP contribution in [-0.2, 0) is 4.74 Å². The van der Waals surface area contributed by atoms with Gasteiger partial charge in [0.1, 0.15) is 0 Å². The minimum Gasteiger partial charge on any atom is -0.478 e. The van der Waals surface area contributed by atoms with Crippen LogP contribution in [0.3, 0.4) is 0 Å². The van der Waals surface area contributed by atoms with Gasteiger partial charge >= 0.3 is 11.9 Å². The van der Waals surface area contributed by atoms with Crippen molar-refractivity contribution in [2.45, 2.75) is 90.9 Å². The summed E-state index contributed by atoms with van der Waals surface area (Å²) in [6, 6.07) is 6.25. The minimum atomic E-state index is -1.10. The second-order valence-electron chi connectivity index (χ2n) is 7.72. The largest absolute Gasteiger partial charge is 0.478 e. The molecule has 4 nitrogen and oxygen atoms in total. The summed E-state index contributed by atoms with van der Waals surface area (Å²) in [7, 11) is 0. The SMILES string of the molecule is CCCCCCCCC(CCCCCC)COC(=O)c1ccccc1C(=O)O. The molecule has 0 aliphatic carbocycles. The molecular formula is C24H38O4. The molecule has 4 heteroatoms. The van der Waals surface area contributed by atoms with Gasteiger partial charge in [0.15, 0.2) is 0 Å². The van der Waals surface area contributed by atoms with Crippen LogP contribution in [0.1, 0.15) is 112 Å². The van der Waals surface area contributed by atoms with E-state index in [9.17, 15) is 14.7 Å². The quantitative estimate of drug-likeness (QED) is 0.247. The van der Waals surface area contributed by atoms with Crippen LogP contribution in [0.25, 0.3) is 0 Å². The molecule has 0 amide bonds. The lowest BCUT2D eigenvalue weighted by molar-refractivity contribution is 0.0414. The van der Waals surface area contributed by atoms with Crippen molar-refractivity contribution < 1.29 is 19.4 Å². The molecule has 1 atom stereocenters. The van der Waals surface area contributed by atoms with E-state index >= 15 is 0 Å². The van der Waals surface area contributed by atoms with Gasteiger partial charge < -0.3 is 9.84 Å². The normalized spacial score (nSPS) is 11.9. The summed E-state index contributed by atoms with van der Waals surface area (Å²) < 4.78 is 5.53. The Morgan fingerprint density at radius 1 is 0.821 bits per heavy atom. The molecule has 0 aliphatic heterocycles. The van der Waals surface area contributed by atoms with Crippen molar-refractivity contribution in [1.82, 2.24) is 0 Å². The number of benzene rings is 1. The Bertz CT molecular complexity index is 567. The van der Waals surface area contributed by atoms with Crippen molar-refractivity contribution in [2.75, 3.05) is 6.61 Å². The van der Waals surface area contributed by atoms with Gasteiger partial charge in [0.2, 0.25) is 0 Å². The highest BCUT2D eigenvalue weighted by Crippen LogP contribution is 2.20. The molecule has 158 valence electrons. The van der Waals surface area contributed by atoms with Crippen LogP contribution in [0, 0.1) is 5.92 Å². The zero-order chi connectivity index (χ0) is 20.6. The zero-order valence-corrected chi connectivity index (χ0v) is 17.8. The molecule has 1 aromatic carbocycles. The Morgan fingerprint density at radius 2 is 1.32 bits per heavy atom. The molecule has 1 N–H and O–H groups in total. The third-order valence-electron chi connectivity index (χ3n) is 5.26. The van der Waals surface area contributed by atoms with Gasteiger partial charge in [-0.25, -0.2) is 9.59 Å². The standard InChI is InChI=1S/C24H38O4/c1-3-5-7-9-10-12-16-20(15-11-8-6-4-2)19-28-24(27)22-18-14-13-17-21(22)23(25)26/h13-14,17-18,20H,3-12,15-16,19H2,1-2H3,(H,25,26). The average Bonchev–Trinajstić information content (AvgIpc) is 2.70. The highest BCUT2D eigenvalue weighted by atomic mass is 16.5. The number of aromatic carboxylic acids is 1. The summed E-state index contributed by atoms with van der Waals surface area (Å²) in [5, 5.41) is 9.26. The van der Waals surface area contributed by atoms with Crippen molar-refractivity contribution in [3.05, 3.63) is 35.4 Å². The topological polar surface area (TPSA) is 63.6 Å². The van der Waals surface area contributed by atoms with E-state index in [1.807, 2.05) is 0 Å². The number of carbonyl (C=O) groups excluding carboxylic acids is 1. The maximum Gasteiger partial charge on any atom is 0.339 e. The molecule has 1 unspecified atom stereocenters. The molecule has 0 aliphatic rings. The predicted molar refractivity (Wildman–Crippen MR) is 114 cm³/mol. The first-order chi connectivity index (χ1) is 13.6. The fourth-order valence-corrected chi connectivity index (χ4v) is 3.50. The monoisotopic (exact) mass is 390 g/mol. The van der Waals surface area contributed by atoms with Gasteiger partial charge in [0, 0.05) is 0 Å². The number of carbonyl (C=O) groups is 2. The lowest BCUT2D eigenvalue weighted by Gasteiger charge is -2.17. The lowest BCUT2D eigenvalue weighted by Crippen LogP contribution is -2.17. The second-order valence-corrected chi connectivity index (χ2v) is 7.72. The van der Waals surface area contributed by atoms with Crippen LogP contribution in [-0.4, -0.2) is 23.7 Å². The number of hydrogen-bond acceptors (Lipinski definition) is 3. The first-order valence-electron chi connectivity index (χ1n) is 11.1. The summed E-state index contributed by atoms with van der Waals surface area (Å²) in [5.74, 6) is -1.26. The van der Waals surface area contributed by atoms with Crippen molar-refractivity contribution in [3.63, 3.8) is 0 Å². The minimum absolute atomic E-state index is 0.00270. The molecule has 0 radical (unpaired) electrons. The van der Waals surface area contributed by atoms with Gasteiger partial charge in [0.25, 0.3) is 0 Å². The molecule has 0 heterocycles. The Morgan fingerprint density at radius 3 is 1.89 bits per heavy atom. The molecule has 0 saturated heterocycles. The molecule has 0 fully saturated rings. The lowest BCUT2D eigenvalue weighted by atomic mass is 9.95. The summed E-state index contributed by atoms with van der Waals surface area (Å²) in [6.45, 7) is 4.81. The van der Waals surface area contributed by atoms with E-state index in [4.69, 9.17) is 4.74 Å². The van der Waals surface area contributed by atoms with E-state index in [1.165, 1.54) is 69.9 Å². The molecule has 0 bridgehead atoms. The molecule has 1 aromatic rings. The summed E-state index contributed by atoms with van der Waals surface area (Å²) in [4.78, 5) is 23.7. The van der Waals surface area contributed by atoms with Gasteiger partial charge in [0.05, 0.1) is 17.7 Å². The van der Waals surface area contributed by atoms with E-state index in [1.54, 1.807) is 12.1 Å². The molecule has 1 rings (SSSR count). The summed E-state index contributed by atoms with van der Waals surface area (Å²) >= 11 is 0. The number of esters is 1. The van der Waals surface area contributed by atoms with Crippen LogP contribution >= 0.6 is 0 Å². The average molecular weight is 391 g/mol. The van der Waals surface area contributed by atoms with Crippen LogP contribution in [0.2, 0.25) is 0 Å². The smallest absolute Gasteiger partial charge is 0.339 e. The van der Waals surface area contributed by atoms with Crippen LogP contribution in [0.4, 0.5) is 0 Å². The van der Waals surface area contributed by atoms with Gasteiger partial charge in [-0.05, 0) is 30.9 Å². The third-order valence-corrected chi connectivity index (χ3v) is 5.26. The number of ether oxygens (including phenoxy) is 1. The van der Waals surface area contributed by atoms with Crippen LogP contribution < -0.4 is 0 Å². The Kier molecular flexibility index (Phi) is 13.1. The van der Waals surface area contributed by atoms with Gasteiger partial charge in [-0.1, -0.05) is 90.2 Å². The Balaban J connectivity index is 2.52. The number of unbranched alkanes of at least 4 members (excludes halogenated alkanes) is 8. The first kappa shape index (κ1) is 24.2. The highest BCUT2D eigenvalue weighted by molar-refractivity contribution is 6.02. The van der Waals surface area contributed by atoms with Crippen molar-refractivity contribution >= 4 is 11.9 Å². The van der Waals surface area contributed by atoms with E-state index in [0.717, 1.165) is 19.3 Å². The van der Waals surface area contributed by atoms with E-state index < -0.39 is 11.9 Å². The number of carboxylic acid groups (broad SMARTS) is 1.